The average Bonchev–Trinajstić information content (AvgIpc) is 1.57. The van der Waals surface area contributed by atoms with Crippen molar-refractivity contribution in [2.75, 3.05) is 0 Å². The minimum absolute atomic E-state index is 0. The Balaban J connectivity index is 0.000000291. The fraction of sp³-hybridized carbons (Fsp3) is 0.542. The summed E-state index contributed by atoms with van der Waals surface area (Å²) in [5.41, 5.74) is 23.3. The molecule has 468 valence electrons. The van der Waals surface area contributed by atoms with E-state index in [1.165, 1.54) is 85.2 Å². The van der Waals surface area contributed by atoms with Crippen LogP contribution in [0.4, 0.5) is 0 Å². The van der Waals surface area contributed by atoms with E-state index in [0.717, 1.165) is 24.2 Å². The van der Waals surface area contributed by atoms with E-state index in [2.05, 4.69) is 294 Å². The van der Waals surface area contributed by atoms with Crippen molar-refractivity contribution in [2.24, 2.45) is 79.8 Å². The molecule has 2 fully saturated rings. The van der Waals surface area contributed by atoms with Crippen molar-refractivity contribution in [3.05, 3.63) is 198 Å². The molecule has 6 aliphatic carbocycles. The van der Waals surface area contributed by atoms with E-state index in [4.69, 9.17) is 17.0 Å². The van der Waals surface area contributed by atoms with Gasteiger partial charge < -0.3 is 14.9 Å². The monoisotopic (exact) mass is 1270 g/mol. The molecule has 9 atom stereocenters. The predicted octanol–water partition coefficient (Wildman–Crippen LogP) is 26.1. The molecule has 10 rings (SSSR count). The molecule has 9 unspecified atom stereocenters. The molecule has 0 radical (unpaired) electrons. The van der Waals surface area contributed by atoms with Gasteiger partial charge in [-0.05, 0) is 190 Å². The first-order valence-corrected chi connectivity index (χ1v) is 38.2. The van der Waals surface area contributed by atoms with Crippen LogP contribution in [0.3, 0.4) is 0 Å². The van der Waals surface area contributed by atoms with Gasteiger partial charge in [-0.2, -0.15) is 0 Å². The van der Waals surface area contributed by atoms with Crippen LogP contribution < -0.4 is 0 Å². The van der Waals surface area contributed by atoms with Gasteiger partial charge in [0.15, 0.2) is 0 Å². The number of halogens is 2. The first-order valence-electron chi connectivity index (χ1n) is 31.9. The molecule has 0 spiro atoms. The second-order valence-electron chi connectivity index (χ2n) is 34.0. The summed E-state index contributed by atoms with van der Waals surface area (Å²) in [7, 11) is 9.87. The van der Waals surface area contributed by atoms with Crippen LogP contribution in [-0.2, 0) is 31.7 Å². The van der Waals surface area contributed by atoms with Crippen molar-refractivity contribution in [1.29, 1.82) is 0 Å². The summed E-state index contributed by atoms with van der Waals surface area (Å²) in [6.07, 6.45) is 19.7. The second kappa shape index (κ2) is 26.5. The van der Waals surface area contributed by atoms with Gasteiger partial charge in [-0.25, -0.2) is 0 Å². The standard InChI is InChI=1S/C40H58.C40H50.CH4.2CH3.2ClH.Zr/c2*1-25-20-28(38(5,6)7)24-34(25)40(11,12)36-32-21-27(37(2,3)4)18-19-30(32)35-31(26-16-14-13-15-17-26)22-29(23-33(35)36)39(8,9)10;;;;;;/h13-19,21-23,25,28,30,32-36H,20,24H2,1-12H3;13-19,21-24,36H,20H2,1-12H3;1H4;2*1H3;2*1H;/q;;;2*-1;;;+4/p-2. The molecule has 2 saturated carbocycles. The Labute approximate surface area is 548 Å². The van der Waals surface area contributed by atoms with Crippen LogP contribution in [0.15, 0.2) is 155 Å². The molecular formula is C83H118Cl2Zr. The Morgan fingerprint density at radius 2 is 1.05 bits per heavy atom. The maximum absolute atomic E-state index is 4.93. The predicted molar refractivity (Wildman–Crippen MR) is 381 cm³/mol. The van der Waals surface area contributed by atoms with E-state index < -0.39 is 20.8 Å². The summed E-state index contributed by atoms with van der Waals surface area (Å²) < 4.78 is 0. The molecule has 0 bridgehead atoms. The zero-order valence-electron chi connectivity index (χ0n) is 58.2. The van der Waals surface area contributed by atoms with Crippen LogP contribution >= 0.6 is 17.0 Å². The third-order valence-corrected chi connectivity index (χ3v) is 21.3. The molecule has 0 heterocycles. The van der Waals surface area contributed by atoms with E-state index in [1.54, 1.807) is 11.1 Å². The Morgan fingerprint density at radius 1 is 0.523 bits per heavy atom. The van der Waals surface area contributed by atoms with Crippen molar-refractivity contribution in [2.45, 2.75) is 210 Å². The zero-order valence-corrected chi connectivity index (χ0v) is 62.2. The van der Waals surface area contributed by atoms with E-state index in [9.17, 15) is 0 Å². The van der Waals surface area contributed by atoms with Crippen molar-refractivity contribution < 1.29 is 20.8 Å². The van der Waals surface area contributed by atoms with Crippen LogP contribution in [0, 0.1) is 94.7 Å². The Bertz CT molecular complexity index is 3190. The SMILES string of the molecule is C.CC1=C(C(C)(C)C2c3cc(C(C)(C)C)ccc3-c3c(-c4ccccc4)cc(C(C)(C)C)cc32)C=C(C(C)(C)C)C1.CC1CC(C(C)(C)C)CC1C(C)(C)C1C2C=C(C(C)(C)C)C=CC2C2C(c3ccccc3)=CC(C(C)(C)C)=CC21.[CH3-].[CH3-].[Cl][Zr+2][Cl]. The zero-order chi connectivity index (χ0) is 61.5. The molecular weight excluding hydrogens is 1160 g/mol. The third-order valence-electron chi connectivity index (χ3n) is 21.3. The fourth-order valence-electron chi connectivity index (χ4n) is 16.4. The molecule has 0 amide bonds. The molecule has 0 N–H and O–H groups in total. The quantitative estimate of drug-likeness (QED) is 0.169. The maximum atomic E-state index is 4.93. The molecule has 86 heavy (non-hydrogen) atoms. The number of rotatable bonds is 6. The van der Waals surface area contributed by atoms with Gasteiger partial charge in [0.2, 0.25) is 0 Å². The van der Waals surface area contributed by atoms with E-state index >= 15 is 0 Å². The van der Waals surface area contributed by atoms with Crippen molar-refractivity contribution in [1.82, 2.24) is 0 Å². The Morgan fingerprint density at radius 3 is 1.53 bits per heavy atom. The van der Waals surface area contributed by atoms with E-state index in [0.29, 0.717) is 35.0 Å². The molecule has 0 aromatic heterocycles. The van der Waals surface area contributed by atoms with Gasteiger partial charge >= 0.3 is 37.9 Å². The summed E-state index contributed by atoms with van der Waals surface area (Å²) in [5.74, 6) is 5.49. The Hall–Kier alpha value is -3.22. The van der Waals surface area contributed by atoms with E-state index in [1.807, 2.05) is 0 Å². The summed E-state index contributed by atoms with van der Waals surface area (Å²) in [6, 6.07) is 34.8. The number of benzene rings is 4. The first kappa shape index (κ1) is 73.5. The molecule has 4 aromatic rings. The van der Waals surface area contributed by atoms with Crippen LogP contribution in [-0.4, -0.2) is 0 Å². The van der Waals surface area contributed by atoms with Crippen LogP contribution in [0.25, 0.3) is 27.8 Å². The van der Waals surface area contributed by atoms with Gasteiger partial charge in [0.05, 0.1) is 0 Å². The number of allylic oxidation sites excluding steroid dienone is 12. The molecule has 6 aliphatic rings. The van der Waals surface area contributed by atoms with Gasteiger partial charge in [0, 0.05) is 11.3 Å². The summed E-state index contributed by atoms with van der Waals surface area (Å²) in [6.45, 7) is 58.3. The summed E-state index contributed by atoms with van der Waals surface area (Å²) in [5, 5.41) is 0. The summed E-state index contributed by atoms with van der Waals surface area (Å²) in [4.78, 5) is 0. The average molecular weight is 1280 g/mol. The van der Waals surface area contributed by atoms with Crippen molar-refractivity contribution >= 4 is 22.6 Å². The fourth-order valence-corrected chi connectivity index (χ4v) is 16.4. The van der Waals surface area contributed by atoms with Gasteiger partial charge in [0.1, 0.15) is 0 Å². The molecule has 4 aromatic carbocycles. The summed E-state index contributed by atoms with van der Waals surface area (Å²) >= 11 is -0.826. The van der Waals surface area contributed by atoms with Crippen molar-refractivity contribution in [3.8, 4) is 22.3 Å². The number of hydrogen-bond acceptors (Lipinski definition) is 0. The topological polar surface area (TPSA) is 0 Å². The van der Waals surface area contributed by atoms with Gasteiger partial charge in [0.25, 0.3) is 0 Å². The van der Waals surface area contributed by atoms with Crippen LogP contribution in [0.5, 0.6) is 0 Å². The molecule has 3 heteroatoms. The van der Waals surface area contributed by atoms with Gasteiger partial charge in [-0.1, -0.05) is 299 Å². The minimum atomic E-state index is -0.826. The number of hydrogen-bond donors (Lipinski definition) is 0. The Kier molecular flexibility index (Phi) is 22.7. The van der Waals surface area contributed by atoms with Crippen molar-refractivity contribution in [3.63, 3.8) is 0 Å². The van der Waals surface area contributed by atoms with Crippen LogP contribution in [0.2, 0.25) is 0 Å². The first-order chi connectivity index (χ1) is 38.2. The molecule has 0 nitrogen and oxygen atoms in total. The van der Waals surface area contributed by atoms with Gasteiger partial charge in [-0.15, -0.1) is 0 Å². The van der Waals surface area contributed by atoms with E-state index in [-0.39, 0.29) is 66.1 Å². The molecule has 0 saturated heterocycles. The molecule has 0 aliphatic heterocycles. The van der Waals surface area contributed by atoms with Gasteiger partial charge in [-0.3, -0.25) is 0 Å². The normalized spacial score (nSPS) is 24.5. The van der Waals surface area contributed by atoms with Crippen LogP contribution in [0.1, 0.15) is 227 Å². The second-order valence-corrected chi connectivity index (χ2v) is 37.7. The number of fused-ring (bicyclic) bond motifs is 6. The third kappa shape index (κ3) is 14.7.